The lowest BCUT2D eigenvalue weighted by atomic mass is 10.1. The number of rotatable bonds is 7. The van der Waals surface area contributed by atoms with Crippen molar-refractivity contribution in [2.75, 3.05) is 37.1 Å². The molecule has 4 rings (SSSR count). The summed E-state index contributed by atoms with van der Waals surface area (Å²) in [7, 11) is 1.54. The number of amides is 2. The van der Waals surface area contributed by atoms with Gasteiger partial charge in [-0.15, -0.1) is 0 Å². The van der Waals surface area contributed by atoms with Crippen LogP contribution in [-0.4, -0.2) is 38.7 Å². The highest BCUT2D eigenvalue weighted by Gasteiger charge is 2.26. The van der Waals surface area contributed by atoms with Crippen molar-refractivity contribution >= 4 is 34.8 Å². The zero-order valence-electron chi connectivity index (χ0n) is 17.3. The van der Waals surface area contributed by atoms with Gasteiger partial charge in [0, 0.05) is 16.3 Å². The van der Waals surface area contributed by atoms with E-state index in [0.717, 1.165) is 0 Å². The largest absolute Gasteiger partial charge is 0.497 e. The molecule has 3 aromatic carbocycles. The molecule has 1 heterocycles. The normalized spacial score (nSPS) is 12.6. The second-order valence-electron chi connectivity index (χ2n) is 7.01. The Hall–Kier alpha value is -3.71. The zero-order valence-corrected chi connectivity index (χ0v) is 18.1. The third-order valence-corrected chi connectivity index (χ3v) is 5.14. The first-order chi connectivity index (χ1) is 15.5. The van der Waals surface area contributed by atoms with Crippen molar-refractivity contribution in [1.29, 1.82) is 0 Å². The molecule has 1 N–H and O–H groups in total. The van der Waals surface area contributed by atoms with Crippen LogP contribution in [0.1, 0.15) is 10.4 Å². The molecule has 0 aromatic heterocycles. The van der Waals surface area contributed by atoms with Gasteiger partial charge in [-0.3, -0.25) is 9.59 Å². The molecule has 7 nitrogen and oxygen atoms in total. The van der Waals surface area contributed by atoms with Crippen LogP contribution >= 0.6 is 11.6 Å². The molecule has 0 saturated carbocycles. The second kappa shape index (κ2) is 9.62. The summed E-state index contributed by atoms with van der Waals surface area (Å²) in [5.41, 5.74) is 1.57. The highest BCUT2D eigenvalue weighted by Crippen LogP contribution is 2.34. The molecule has 8 heteroatoms. The van der Waals surface area contributed by atoms with E-state index in [2.05, 4.69) is 5.32 Å². The lowest BCUT2D eigenvalue weighted by Gasteiger charge is -2.29. The fourth-order valence-electron chi connectivity index (χ4n) is 3.28. The van der Waals surface area contributed by atoms with Crippen molar-refractivity contribution in [2.24, 2.45) is 0 Å². The van der Waals surface area contributed by atoms with Crippen LogP contribution in [0.5, 0.6) is 17.2 Å². The van der Waals surface area contributed by atoms with Gasteiger partial charge in [-0.25, -0.2) is 0 Å². The molecule has 0 spiro atoms. The number of fused-ring (bicyclic) bond motifs is 1. The topological polar surface area (TPSA) is 77.1 Å². The molecule has 1 aliphatic heterocycles. The van der Waals surface area contributed by atoms with Crippen molar-refractivity contribution in [2.45, 2.75) is 0 Å². The predicted octanol–water partition coefficient (Wildman–Crippen LogP) is 4.41. The number of nitrogens with one attached hydrogen (secondary N) is 1. The van der Waals surface area contributed by atoms with Gasteiger partial charge in [0.25, 0.3) is 11.8 Å². The summed E-state index contributed by atoms with van der Waals surface area (Å²) in [6.07, 6.45) is 0. The first kappa shape index (κ1) is 21.5. The molecule has 0 saturated heterocycles. The number of benzene rings is 3. The van der Waals surface area contributed by atoms with E-state index in [4.69, 9.17) is 25.8 Å². The third-order valence-electron chi connectivity index (χ3n) is 4.89. The quantitative estimate of drug-likeness (QED) is 0.574. The van der Waals surface area contributed by atoms with Crippen LogP contribution in [0.15, 0.2) is 66.7 Å². The zero-order chi connectivity index (χ0) is 22.5. The summed E-state index contributed by atoms with van der Waals surface area (Å²) in [5.74, 6) is 1.34. The standard InChI is InChI=1S/C24H21ClN2O5/c1-30-20-4-2-3-16(13-20)24(29)26-18-7-10-22-21(14-18)27(23(28)15-32-22)11-12-31-19-8-5-17(25)6-9-19/h2-10,13-14H,11-12,15H2,1H3,(H,26,29). The van der Waals surface area contributed by atoms with E-state index in [1.54, 1.807) is 78.7 Å². The summed E-state index contributed by atoms with van der Waals surface area (Å²) in [4.78, 5) is 26.7. The van der Waals surface area contributed by atoms with E-state index < -0.39 is 0 Å². The number of anilines is 2. The number of nitrogens with zero attached hydrogens (tertiary/aromatic N) is 1. The Morgan fingerprint density at radius 1 is 1.09 bits per heavy atom. The molecular formula is C24H21ClN2O5. The van der Waals surface area contributed by atoms with Crippen molar-refractivity contribution < 1.29 is 23.8 Å². The highest BCUT2D eigenvalue weighted by atomic mass is 35.5. The minimum atomic E-state index is -0.287. The Morgan fingerprint density at radius 2 is 1.91 bits per heavy atom. The lowest BCUT2D eigenvalue weighted by molar-refractivity contribution is -0.121. The molecule has 0 atom stereocenters. The van der Waals surface area contributed by atoms with Crippen LogP contribution in [0, 0.1) is 0 Å². The maximum absolute atomic E-state index is 12.6. The minimum Gasteiger partial charge on any atom is -0.497 e. The van der Waals surface area contributed by atoms with Gasteiger partial charge in [-0.05, 0) is 60.7 Å². The maximum Gasteiger partial charge on any atom is 0.265 e. The molecule has 0 aliphatic carbocycles. The molecular weight excluding hydrogens is 432 g/mol. The van der Waals surface area contributed by atoms with Gasteiger partial charge in [-0.2, -0.15) is 0 Å². The molecule has 0 unspecified atom stereocenters. The van der Waals surface area contributed by atoms with Crippen molar-refractivity contribution in [3.05, 3.63) is 77.3 Å². The number of methoxy groups -OCH3 is 1. The Bertz CT molecular complexity index is 1130. The van der Waals surface area contributed by atoms with Crippen molar-refractivity contribution in [1.82, 2.24) is 0 Å². The molecule has 3 aromatic rings. The minimum absolute atomic E-state index is 0.0521. The average molecular weight is 453 g/mol. The SMILES string of the molecule is COc1cccc(C(=O)Nc2ccc3c(c2)N(CCOc2ccc(Cl)cc2)C(=O)CO3)c1. The van der Waals surface area contributed by atoms with E-state index in [1.807, 2.05) is 0 Å². The average Bonchev–Trinajstić information content (AvgIpc) is 2.81. The highest BCUT2D eigenvalue weighted by molar-refractivity contribution is 6.30. The van der Waals surface area contributed by atoms with Crippen LogP contribution in [0.3, 0.4) is 0 Å². The van der Waals surface area contributed by atoms with E-state index in [0.29, 0.717) is 45.8 Å². The molecule has 0 radical (unpaired) electrons. The smallest absolute Gasteiger partial charge is 0.265 e. The number of hydrogen-bond acceptors (Lipinski definition) is 5. The van der Waals surface area contributed by atoms with Crippen LogP contribution in [-0.2, 0) is 4.79 Å². The van der Waals surface area contributed by atoms with Crippen LogP contribution in [0.4, 0.5) is 11.4 Å². The van der Waals surface area contributed by atoms with Crippen LogP contribution in [0.2, 0.25) is 5.02 Å². The fraction of sp³-hybridized carbons (Fsp3) is 0.167. The second-order valence-corrected chi connectivity index (χ2v) is 7.44. The predicted molar refractivity (Wildman–Crippen MR) is 122 cm³/mol. The first-order valence-corrected chi connectivity index (χ1v) is 10.3. The molecule has 2 amide bonds. The van der Waals surface area contributed by atoms with E-state index in [9.17, 15) is 9.59 Å². The number of carbonyl (C=O) groups is 2. The summed E-state index contributed by atoms with van der Waals surface area (Å²) >= 11 is 5.89. The van der Waals surface area contributed by atoms with Gasteiger partial charge in [0.15, 0.2) is 6.61 Å². The lowest BCUT2D eigenvalue weighted by Crippen LogP contribution is -2.41. The summed E-state index contributed by atoms with van der Waals surface area (Å²) in [6, 6.07) is 19.1. The van der Waals surface area contributed by atoms with Gasteiger partial charge in [0.05, 0.1) is 19.3 Å². The summed E-state index contributed by atoms with van der Waals surface area (Å²) in [6.45, 7) is 0.557. The number of hydrogen-bond donors (Lipinski definition) is 1. The van der Waals surface area contributed by atoms with Crippen molar-refractivity contribution in [3.8, 4) is 17.2 Å². The van der Waals surface area contributed by atoms with Crippen LogP contribution < -0.4 is 24.4 Å². The van der Waals surface area contributed by atoms with E-state index >= 15 is 0 Å². The third kappa shape index (κ3) is 4.95. The molecule has 0 fully saturated rings. The maximum atomic E-state index is 12.6. The van der Waals surface area contributed by atoms with Gasteiger partial charge in [-0.1, -0.05) is 17.7 Å². The molecule has 32 heavy (non-hydrogen) atoms. The van der Waals surface area contributed by atoms with Gasteiger partial charge < -0.3 is 24.4 Å². The number of ether oxygens (including phenoxy) is 3. The van der Waals surface area contributed by atoms with Gasteiger partial charge in [0.1, 0.15) is 23.9 Å². The Balaban J connectivity index is 1.47. The van der Waals surface area contributed by atoms with Gasteiger partial charge >= 0.3 is 0 Å². The molecule has 0 bridgehead atoms. The Kier molecular flexibility index (Phi) is 6.47. The Labute approximate surface area is 190 Å². The molecule has 1 aliphatic rings. The summed E-state index contributed by atoms with van der Waals surface area (Å²) in [5, 5.41) is 3.47. The van der Waals surface area contributed by atoms with E-state index in [1.165, 1.54) is 0 Å². The fourth-order valence-corrected chi connectivity index (χ4v) is 3.40. The van der Waals surface area contributed by atoms with E-state index in [-0.39, 0.29) is 25.0 Å². The van der Waals surface area contributed by atoms with Crippen molar-refractivity contribution in [3.63, 3.8) is 0 Å². The number of carbonyl (C=O) groups excluding carboxylic acids is 2. The molecule has 164 valence electrons. The van der Waals surface area contributed by atoms with Crippen LogP contribution in [0.25, 0.3) is 0 Å². The first-order valence-electron chi connectivity index (χ1n) is 9.94. The monoisotopic (exact) mass is 452 g/mol. The van der Waals surface area contributed by atoms with Gasteiger partial charge in [0.2, 0.25) is 0 Å². The number of halogens is 1. The Morgan fingerprint density at radius 3 is 2.69 bits per heavy atom. The summed E-state index contributed by atoms with van der Waals surface area (Å²) < 4.78 is 16.4.